The molecule has 0 aromatic heterocycles. The summed E-state index contributed by atoms with van der Waals surface area (Å²) >= 11 is 0. The molecule has 0 unspecified atom stereocenters. The molecule has 0 fully saturated rings. The van der Waals surface area contributed by atoms with Crippen LogP contribution in [0.3, 0.4) is 0 Å². The molecular formula is C6H5NO. The van der Waals surface area contributed by atoms with Crippen LogP contribution in [0.4, 0.5) is 0 Å². The third-order valence-electron chi connectivity index (χ3n) is 0.901. The molecule has 0 bridgehead atoms. The van der Waals surface area contributed by atoms with Gasteiger partial charge in [0.25, 0.3) is 6.26 Å². The highest BCUT2D eigenvalue weighted by Crippen LogP contribution is 2.02. The highest BCUT2D eigenvalue weighted by Gasteiger charge is 2.00. The van der Waals surface area contributed by atoms with Gasteiger partial charge in [0, 0.05) is 0 Å². The minimum absolute atomic E-state index is 0.111. The topological polar surface area (TPSA) is 33.0 Å². The van der Waals surface area contributed by atoms with Crippen molar-refractivity contribution < 1.29 is 4.74 Å². The number of allylic oxidation sites excluding steroid dienone is 2. The van der Waals surface area contributed by atoms with Crippen molar-refractivity contribution in [1.29, 1.82) is 5.26 Å². The first kappa shape index (κ1) is 4.92. The fourth-order valence-electron chi connectivity index (χ4n) is 0.551. The van der Waals surface area contributed by atoms with Crippen molar-refractivity contribution in [2.45, 2.75) is 6.10 Å². The summed E-state index contributed by atoms with van der Waals surface area (Å²) in [6.45, 7) is 0. The van der Waals surface area contributed by atoms with E-state index in [0.29, 0.717) is 0 Å². The lowest BCUT2D eigenvalue weighted by atomic mass is 10.4. The number of hydrogen-bond donors (Lipinski definition) is 0. The van der Waals surface area contributed by atoms with Crippen molar-refractivity contribution in [3.63, 3.8) is 0 Å². The van der Waals surface area contributed by atoms with Gasteiger partial charge in [-0.05, 0) is 12.2 Å². The molecule has 0 spiro atoms. The first-order valence-corrected chi connectivity index (χ1v) is 2.33. The lowest BCUT2D eigenvalue weighted by Gasteiger charge is -1.95. The van der Waals surface area contributed by atoms with Crippen molar-refractivity contribution in [3.05, 3.63) is 24.3 Å². The quantitative estimate of drug-likeness (QED) is 0.468. The van der Waals surface area contributed by atoms with E-state index in [9.17, 15) is 0 Å². The van der Waals surface area contributed by atoms with E-state index in [1.165, 1.54) is 0 Å². The largest absolute Gasteiger partial charge is 0.416 e. The molecule has 1 rings (SSSR count). The number of nitrogens with zero attached hydrogens (tertiary/aromatic N) is 1. The van der Waals surface area contributed by atoms with Crippen LogP contribution in [-0.2, 0) is 4.74 Å². The Labute approximate surface area is 47.7 Å². The van der Waals surface area contributed by atoms with Gasteiger partial charge >= 0.3 is 0 Å². The zero-order valence-corrected chi connectivity index (χ0v) is 4.24. The van der Waals surface area contributed by atoms with Gasteiger partial charge in [-0.3, -0.25) is 0 Å². The molecule has 0 saturated heterocycles. The minimum Gasteiger partial charge on any atom is -0.416 e. The van der Waals surface area contributed by atoms with Crippen LogP contribution in [0, 0.1) is 11.5 Å². The fraction of sp³-hybridized carbons (Fsp3) is 0.167. The summed E-state index contributed by atoms with van der Waals surface area (Å²) < 4.78 is 4.53. The summed E-state index contributed by atoms with van der Waals surface area (Å²) in [6.07, 6.45) is 8.81. The zero-order valence-electron chi connectivity index (χ0n) is 4.24. The Morgan fingerprint density at radius 1 is 1.38 bits per heavy atom. The Morgan fingerprint density at radius 3 is 2.50 bits per heavy atom. The van der Waals surface area contributed by atoms with E-state index in [1.807, 2.05) is 24.3 Å². The second kappa shape index (κ2) is 2.17. The monoisotopic (exact) mass is 107 g/mol. The summed E-state index contributed by atoms with van der Waals surface area (Å²) in [5.41, 5.74) is 0. The molecule has 2 nitrogen and oxygen atoms in total. The van der Waals surface area contributed by atoms with E-state index >= 15 is 0 Å². The molecule has 0 aromatic rings. The Hall–Kier alpha value is -1.23. The molecule has 0 heterocycles. The molecule has 0 radical (unpaired) electrons. The maximum absolute atomic E-state index is 7.99. The molecule has 0 amide bonds. The van der Waals surface area contributed by atoms with E-state index in [-0.39, 0.29) is 6.10 Å². The predicted octanol–water partition coefficient (Wildman–Crippen LogP) is 0.979. The Morgan fingerprint density at radius 2 is 2.00 bits per heavy atom. The van der Waals surface area contributed by atoms with Crippen LogP contribution in [-0.4, -0.2) is 6.10 Å². The number of rotatable bonds is 1. The molecule has 2 heteroatoms. The van der Waals surface area contributed by atoms with Gasteiger partial charge in [0.15, 0.2) is 0 Å². The summed E-state index contributed by atoms with van der Waals surface area (Å²) in [6, 6.07) is 0. The lowest BCUT2D eigenvalue weighted by Crippen LogP contribution is -1.97. The summed E-state index contributed by atoms with van der Waals surface area (Å²) in [4.78, 5) is 0. The van der Waals surface area contributed by atoms with Crippen molar-refractivity contribution in [2.75, 3.05) is 0 Å². The van der Waals surface area contributed by atoms with Gasteiger partial charge in [0.2, 0.25) is 0 Å². The van der Waals surface area contributed by atoms with Gasteiger partial charge in [-0.15, -0.1) is 0 Å². The molecule has 0 aliphatic heterocycles. The van der Waals surface area contributed by atoms with E-state index in [4.69, 9.17) is 5.26 Å². The average molecular weight is 107 g/mol. The van der Waals surface area contributed by atoms with Gasteiger partial charge in [-0.25, -0.2) is 0 Å². The normalized spacial score (nSPS) is 16.4. The van der Waals surface area contributed by atoms with Gasteiger partial charge < -0.3 is 4.74 Å². The highest BCUT2D eigenvalue weighted by atomic mass is 16.5. The van der Waals surface area contributed by atoms with E-state index in [2.05, 4.69) is 4.74 Å². The van der Waals surface area contributed by atoms with Crippen LogP contribution in [0.2, 0.25) is 0 Å². The zero-order chi connectivity index (χ0) is 5.82. The van der Waals surface area contributed by atoms with Gasteiger partial charge in [-0.1, -0.05) is 12.2 Å². The Balaban J connectivity index is 2.41. The molecular weight excluding hydrogens is 102 g/mol. The first-order valence-electron chi connectivity index (χ1n) is 2.33. The molecule has 1 aliphatic rings. The number of hydrogen-bond acceptors (Lipinski definition) is 2. The van der Waals surface area contributed by atoms with Crippen LogP contribution < -0.4 is 0 Å². The SMILES string of the molecule is N#COC1C=CC=C1. The van der Waals surface area contributed by atoms with E-state index in [1.54, 1.807) is 6.26 Å². The van der Waals surface area contributed by atoms with Gasteiger partial charge in [-0.2, -0.15) is 5.26 Å². The van der Waals surface area contributed by atoms with E-state index in [0.717, 1.165) is 0 Å². The third-order valence-corrected chi connectivity index (χ3v) is 0.901. The van der Waals surface area contributed by atoms with Crippen LogP contribution in [0.1, 0.15) is 0 Å². The maximum Gasteiger partial charge on any atom is 0.287 e. The number of nitriles is 1. The van der Waals surface area contributed by atoms with E-state index < -0.39 is 0 Å². The minimum atomic E-state index is -0.111. The van der Waals surface area contributed by atoms with Crippen LogP contribution in [0.15, 0.2) is 24.3 Å². The molecule has 0 N–H and O–H groups in total. The Kier molecular flexibility index (Phi) is 1.34. The van der Waals surface area contributed by atoms with Crippen molar-refractivity contribution >= 4 is 0 Å². The first-order chi connectivity index (χ1) is 3.93. The molecule has 0 aromatic carbocycles. The van der Waals surface area contributed by atoms with Crippen molar-refractivity contribution in [1.82, 2.24) is 0 Å². The van der Waals surface area contributed by atoms with Gasteiger partial charge in [0.1, 0.15) is 6.10 Å². The maximum atomic E-state index is 7.99. The molecule has 0 atom stereocenters. The summed E-state index contributed by atoms with van der Waals surface area (Å²) in [5, 5.41) is 7.99. The fourth-order valence-corrected chi connectivity index (χ4v) is 0.551. The van der Waals surface area contributed by atoms with Gasteiger partial charge in [0.05, 0.1) is 0 Å². The lowest BCUT2D eigenvalue weighted by molar-refractivity contribution is 0.251. The standard InChI is InChI=1S/C6H5NO/c7-5-8-6-3-1-2-4-6/h1-4,6H. The van der Waals surface area contributed by atoms with Crippen molar-refractivity contribution in [2.24, 2.45) is 0 Å². The molecule has 0 saturated carbocycles. The average Bonchev–Trinajstić information content (AvgIpc) is 2.19. The second-order valence-electron chi connectivity index (χ2n) is 1.44. The van der Waals surface area contributed by atoms with Crippen LogP contribution in [0.5, 0.6) is 0 Å². The summed E-state index contributed by atoms with van der Waals surface area (Å²) in [7, 11) is 0. The number of ether oxygens (including phenoxy) is 1. The highest BCUT2D eigenvalue weighted by molar-refractivity contribution is 5.19. The Bertz CT molecular complexity index is 152. The molecule has 1 aliphatic carbocycles. The molecule has 8 heavy (non-hydrogen) atoms. The third kappa shape index (κ3) is 0.881. The molecule has 40 valence electrons. The van der Waals surface area contributed by atoms with Crippen LogP contribution in [0.25, 0.3) is 0 Å². The summed E-state index contributed by atoms with van der Waals surface area (Å²) in [5.74, 6) is 0. The smallest absolute Gasteiger partial charge is 0.287 e. The predicted molar refractivity (Wildman–Crippen MR) is 28.8 cm³/mol. The second-order valence-corrected chi connectivity index (χ2v) is 1.44. The van der Waals surface area contributed by atoms with Crippen LogP contribution >= 0.6 is 0 Å². The van der Waals surface area contributed by atoms with Crippen molar-refractivity contribution in [3.8, 4) is 6.26 Å².